The summed E-state index contributed by atoms with van der Waals surface area (Å²) >= 11 is 0. The van der Waals surface area contributed by atoms with E-state index in [1.54, 1.807) is 24.3 Å². The Bertz CT molecular complexity index is 954. The number of hydrogen-bond acceptors (Lipinski definition) is 5. The van der Waals surface area contributed by atoms with E-state index in [0.29, 0.717) is 17.1 Å². The van der Waals surface area contributed by atoms with Crippen molar-refractivity contribution in [3.05, 3.63) is 60.3 Å². The molecule has 0 bridgehead atoms. The predicted octanol–water partition coefficient (Wildman–Crippen LogP) is 4.50. The van der Waals surface area contributed by atoms with Crippen LogP contribution in [0.4, 0.5) is 18.9 Å². The fourth-order valence-corrected chi connectivity index (χ4v) is 2.32. The molecule has 2 aromatic carbocycles. The zero-order valence-corrected chi connectivity index (χ0v) is 13.9. The van der Waals surface area contributed by atoms with Crippen molar-refractivity contribution in [2.45, 2.75) is 6.36 Å². The molecule has 1 aromatic heterocycles. The molecule has 0 atom stereocenters. The number of benzene rings is 2. The molecule has 0 fully saturated rings. The number of nitrogens with one attached hydrogen (secondary N) is 1. The lowest BCUT2D eigenvalue weighted by atomic mass is 10.1. The van der Waals surface area contributed by atoms with Gasteiger partial charge in [-0.2, -0.15) is 0 Å². The summed E-state index contributed by atoms with van der Waals surface area (Å²) < 4.78 is 51.1. The fourth-order valence-electron chi connectivity index (χ4n) is 2.32. The number of halogens is 3. The number of nitrogens with zero attached hydrogens (tertiary/aromatic N) is 1. The van der Waals surface area contributed by atoms with Crippen molar-refractivity contribution in [2.24, 2.45) is 0 Å². The van der Waals surface area contributed by atoms with Crippen LogP contribution in [0, 0.1) is 0 Å². The Morgan fingerprint density at radius 3 is 2.63 bits per heavy atom. The molecule has 27 heavy (non-hydrogen) atoms. The normalized spacial score (nSPS) is 11.1. The molecule has 0 unspecified atom stereocenters. The third-order valence-corrected chi connectivity index (χ3v) is 3.44. The van der Waals surface area contributed by atoms with Crippen molar-refractivity contribution < 1.29 is 32.0 Å². The highest BCUT2D eigenvalue weighted by Gasteiger charge is 2.31. The van der Waals surface area contributed by atoms with Gasteiger partial charge in [0, 0.05) is 17.8 Å². The first-order valence-corrected chi connectivity index (χ1v) is 7.63. The Labute approximate surface area is 151 Å². The van der Waals surface area contributed by atoms with Crippen molar-refractivity contribution in [2.75, 3.05) is 12.4 Å². The van der Waals surface area contributed by atoms with E-state index in [1.807, 2.05) is 0 Å². The second-order valence-electron chi connectivity index (χ2n) is 5.31. The number of carbonyl (C=O) groups is 1. The number of rotatable bonds is 5. The van der Waals surface area contributed by atoms with Gasteiger partial charge in [-0.15, -0.1) is 13.2 Å². The number of aromatic nitrogens is 1. The van der Waals surface area contributed by atoms with E-state index >= 15 is 0 Å². The third kappa shape index (κ3) is 4.57. The molecule has 0 aliphatic rings. The number of methoxy groups -OCH3 is 1. The van der Waals surface area contributed by atoms with Crippen molar-refractivity contribution in [3.8, 4) is 22.8 Å². The maximum atomic E-state index is 12.3. The van der Waals surface area contributed by atoms with Crippen molar-refractivity contribution in [1.29, 1.82) is 0 Å². The number of amides is 1. The second kappa shape index (κ2) is 7.40. The van der Waals surface area contributed by atoms with Gasteiger partial charge < -0.3 is 19.3 Å². The minimum Gasteiger partial charge on any atom is -0.496 e. The average Bonchev–Trinajstić information content (AvgIpc) is 3.10. The molecule has 0 radical (unpaired) electrons. The molecule has 0 aliphatic carbocycles. The van der Waals surface area contributed by atoms with E-state index in [9.17, 15) is 18.0 Å². The number of carbonyl (C=O) groups excluding carboxylic acids is 1. The van der Waals surface area contributed by atoms with Gasteiger partial charge in [0.15, 0.2) is 11.5 Å². The maximum Gasteiger partial charge on any atom is 0.573 e. The number of anilines is 1. The quantitative estimate of drug-likeness (QED) is 0.708. The number of hydrogen-bond donors (Lipinski definition) is 1. The van der Waals surface area contributed by atoms with Crippen LogP contribution in [-0.4, -0.2) is 24.5 Å². The molecule has 0 saturated carbocycles. The first-order chi connectivity index (χ1) is 12.9. The fraction of sp³-hybridized carbons (Fsp3) is 0.111. The zero-order valence-electron chi connectivity index (χ0n) is 13.9. The van der Waals surface area contributed by atoms with Gasteiger partial charge in [-0.05, 0) is 24.3 Å². The van der Waals surface area contributed by atoms with Gasteiger partial charge in [0.2, 0.25) is 0 Å². The van der Waals surface area contributed by atoms with Crippen LogP contribution in [0.25, 0.3) is 11.3 Å². The Morgan fingerprint density at radius 1 is 1.11 bits per heavy atom. The van der Waals surface area contributed by atoms with E-state index in [1.165, 1.54) is 25.3 Å². The monoisotopic (exact) mass is 378 g/mol. The van der Waals surface area contributed by atoms with Crippen LogP contribution in [0.1, 0.15) is 10.5 Å². The van der Waals surface area contributed by atoms with Crippen LogP contribution >= 0.6 is 0 Å². The number of ether oxygens (including phenoxy) is 2. The molecule has 3 rings (SSSR count). The summed E-state index contributed by atoms with van der Waals surface area (Å²) in [5.74, 6) is -0.247. The topological polar surface area (TPSA) is 73.6 Å². The van der Waals surface area contributed by atoms with Gasteiger partial charge in [0.05, 0.1) is 12.7 Å². The third-order valence-electron chi connectivity index (χ3n) is 3.44. The van der Waals surface area contributed by atoms with Gasteiger partial charge in [0.25, 0.3) is 5.91 Å². The summed E-state index contributed by atoms with van der Waals surface area (Å²) in [6.45, 7) is 0. The summed E-state index contributed by atoms with van der Waals surface area (Å²) in [5.41, 5.74) is 0.675. The minimum absolute atomic E-state index is 0.0435. The zero-order chi connectivity index (χ0) is 19.4. The van der Waals surface area contributed by atoms with Crippen molar-refractivity contribution >= 4 is 11.6 Å². The van der Waals surface area contributed by atoms with Crippen LogP contribution in [0.15, 0.2) is 59.1 Å². The lowest BCUT2D eigenvalue weighted by Gasteiger charge is -2.10. The van der Waals surface area contributed by atoms with Crippen molar-refractivity contribution in [3.63, 3.8) is 0 Å². The number of alkyl halides is 3. The highest BCUT2D eigenvalue weighted by Crippen LogP contribution is 2.30. The van der Waals surface area contributed by atoms with Crippen LogP contribution in [-0.2, 0) is 0 Å². The average molecular weight is 378 g/mol. The summed E-state index contributed by atoms with van der Waals surface area (Å²) in [4.78, 5) is 12.3. The molecular weight excluding hydrogens is 365 g/mol. The summed E-state index contributed by atoms with van der Waals surface area (Å²) in [6.07, 6.45) is -4.82. The van der Waals surface area contributed by atoms with Crippen LogP contribution in [0.5, 0.6) is 11.5 Å². The molecule has 1 amide bonds. The highest BCUT2D eigenvalue weighted by atomic mass is 19.4. The van der Waals surface area contributed by atoms with Crippen LogP contribution in [0.3, 0.4) is 0 Å². The molecule has 3 aromatic rings. The standard InChI is InChI=1S/C18H13F3N2O4/c1-25-15-8-3-2-7-13(15)16-10-14(23-27-16)17(24)22-11-5-4-6-12(9-11)26-18(19,20)21/h2-10H,1H3,(H,22,24). The first-order valence-electron chi connectivity index (χ1n) is 7.63. The minimum atomic E-state index is -4.82. The highest BCUT2D eigenvalue weighted by molar-refractivity contribution is 6.03. The van der Waals surface area contributed by atoms with Gasteiger partial charge in [-0.3, -0.25) is 4.79 Å². The summed E-state index contributed by atoms with van der Waals surface area (Å²) in [7, 11) is 1.50. The predicted molar refractivity (Wildman–Crippen MR) is 89.6 cm³/mol. The van der Waals surface area contributed by atoms with E-state index in [4.69, 9.17) is 9.26 Å². The molecule has 0 spiro atoms. The lowest BCUT2D eigenvalue weighted by molar-refractivity contribution is -0.274. The van der Waals surface area contributed by atoms with Crippen LogP contribution in [0.2, 0.25) is 0 Å². The molecule has 0 aliphatic heterocycles. The lowest BCUT2D eigenvalue weighted by Crippen LogP contribution is -2.17. The Balaban J connectivity index is 1.76. The van der Waals surface area contributed by atoms with E-state index in [0.717, 1.165) is 12.1 Å². The van der Waals surface area contributed by atoms with Crippen molar-refractivity contribution in [1.82, 2.24) is 5.16 Å². The number of para-hydroxylation sites is 1. The molecule has 9 heteroatoms. The molecule has 140 valence electrons. The molecule has 6 nitrogen and oxygen atoms in total. The van der Waals surface area contributed by atoms with E-state index < -0.39 is 18.0 Å². The van der Waals surface area contributed by atoms with E-state index in [2.05, 4.69) is 15.2 Å². The molecule has 0 saturated heterocycles. The van der Waals surface area contributed by atoms with Gasteiger partial charge in [0.1, 0.15) is 11.5 Å². The van der Waals surface area contributed by atoms with E-state index in [-0.39, 0.29) is 11.4 Å². The van der Waals surface area contributed by atoms with Gasteiger partial charge >= 0.3 is 6.36 Å². The van der Waals surface area contributed by atoms with Crippen LogP contribution < -0.4 is 14.8 Å². The summed E-state index contributed by atoms with van der Waals surface area (Å²) in [6, 6.07) is 13.3. The second-order valence-corrected chi connectivity index (χ2v) is 5.31. The Hall–Kier alpha value is -3.49. The Kier molecular flexibility index (Phi) is 5.02. The molecule has 1 N–H and O–H groups in total. The maximum absolute atomic E-state index is 12.3. The smallest absolute Gasteiger partial charge is 0.496 e. The largest absolute Gasteiger partial charge is 0.573 e. The Morgan fingerprint density at radius 2 is 1.89 bits per heavy atom. The van der Waals surface area contributed by atoms with Gasteiger partial charge in [-0.25, -0.2) is 0 Å². The van der Waals surface area contributed by atoms with Gasteiger partial charge in [-0.1, -0.05) is 23.4 Å². The first kappa shape index (κ1) is 18.3. The SMILES string of the molecule is COc1ccccc1-c1cc(C(=O)Nc2cccc(OC(F)(F)F)c2)no1. The molecular formula is C18H13F3N2O4. The molecule has 1 heterocycles. The summed E-state index contributed by atoms with van der Waals surface area (Å²) in [5, 5.41) is 6.13.